The van der Waals surface area contributed by atoms with Crippen molar-refractivity contribution in [3.8, 4) is 16.2 Å². The molecule has 4 aromatic rings. The molecule has 1 N–H and O–H groups in total. The molecule has 0 saturated carbocycles. The van der Waals surface area contributed by atoms with Crippen LogP contribution in [0.25, 0.3) is 21.5 Å². The largest absolute Gasteiger partial charge is 0.495 e. The van der Waals surface area contributed by atoms with Crippen molar-refractivity contribution in [3.05, 3.63) is 71.4 Å². The molecule has 0 aliphatic carbocycles. The van der Waals surface area contributed by atoms with Gasteiger partial charge in [-0.25, -0.2) is 4.98 Å². The summed E-state index contributed by atoms with van der Waals surface area (Å²) in [5, 5.41) is 3.01. The number of para-hydroxylation sites is 2. The first kappa shape index (κ1) is 18.3. The predicted molar refractivity (Wildman–Crippen MR) is 113 cm³/mol. The highest BCUT2D eigenvalue weighted by Gasteiger charge is 2.18. The number of imidazole rings is 1. The molecule has 2 aromatic heterocycles. The zero-order valence-corrected chi connectivity index (χ0v) is 16.6. The van der Waals surface area contributed by atoms with Crippen molar-refractivity contribution in [2.45, 2.75) is 13.5 Å². The molecule has 2 heterocycles. The third-order valence-corrected chi connectivity index (χ3v) is 5.81. The van der Waals surface area contributed by atoms with Crippen molar-refractivity contribution in [3.63, 3.8) is 0 Å². The molecule has 0 aliphatic heterocycles. The first-order chi connectivity index (χ1) is 13.7. The van der Waals surface area contributed by atoms with Crippen LogP contribution in [-0.4, -0.2) is 29.1 Å². The van der Waals surface area contributed by atoms with Crippen molar-refractivity contribution in [2.75, 3.05) is 13.7 Å². The summed E-state index contributed by atoms with van der Waals surface area (Å²) in [7, 11) is 1.59. The summed E-state index contributed by atoms with van der Waals surface area (Å²) in [5.74, 6) is 1.42. The zero-order valence-electron chi connectivity index (χ0n) is 15.8. The van der Waals surface area contributed by atoms with Crippen LogP contribution in [0.5, 0.6) is 5.75 Å². The SMILES string of the molecule is COc1cc(-c2ccccc2)sc1C(=O)NCCn1c(C)nc2ccccc21. The minimum Gasteiger partial charge on any atom is -0.495 e. The van der Waals surface area contributed by atoms with Crippen LogP contribution in [0.2, 0.25) is 0 Å². The summed E-state index contributed by atoms with van der Waals surface area (Å²) in [6, 6.07) is 19.9. The molecular formula is C22H21N3O2S. The Morgan fingerprint density at radius 1 is 1.14 bits per heavy atom. The van der Waals surface area contributed by atoms with Crippen molar-refractivity contribution < 1.29 is 9.53 Å². The second kappa shape index (κ2) is 7.86. The summed E-state index contributed by atoms with van der Waals surface area (Å²) >= 11 is 1.44. The summed E-state index contributed by atoms with van der Waals surface area (Å²) in [6.45, 7) is 3.16. The van der Waals surface area contributed by atoms with Gasteiger partial charge in [0.05, 0.1) is 18.1 Å². The van der Waals surface area contributed by atoms with Gasteiger partial charge in [0.15, 0.2) is 0 Å². The van der Waals surface area contributed by atoms with Gasteiger partial charge in [-0.05, 0) is 30.7 Å². The van der Waals surface area contributed by atoms with Crippen LogP contribution < -0.4 is 10.1 Å². The first-order valence-electron chi connectivity index (χ1n) is 9.10. The van der Waals surface area contributed by atoms with Gasteiger partial charge < -0.3 is 14.6 Å². The molecule has 5 nitrogen and oxygen atoms in total. The maximum absolute atomic E-state index is 12.7. The van der Waals surface area contributed by atoms with Crippen molar-refractivity contribution >= 4 is 28.3 Å². The summed E-state index contributed by atoms with van der Waals surface area (Å²) in [4.78, 5) is 18.9. The number of hydrogen-bond donors (Lipinski definition) is 1. The second-order valence-electron chi connectivity index (χ2n) is 6.43. The van der Waals surface area contributed by atoms with Crippen molar-refractivity contribution in [1.82, 2.24) is 14.9 Å². The third-order valence-electron chi connectivity index (χ3n) is 4.65. The van der Waals surface area contributed by atoms with Gasteiger partial charge >= 0.3 is 0 Å². The number of fused-ring (bicyclic) bond motifs is 1. The number of methoxy groups -OCH3 is 1. The van der Waals surface area contributed by atoms with E-state index < -0.39 is 0 Å². The molecular weight excluding hydrogens is 370 g/mol. The molecule has 6 heteroatoms. The molecule has 0 atom stereocenters. The number of nitrogens with zero attached hydrogens (tertiary/aromatic N) is 2. The van der Waals surface area contributed by atoms with Crippen LogP contribution in [-0.2, 0) is 6.54 Å². The number of aryl methyl sites for hydroxylation is 1. The maximum atomic E-state index is 12.7. The van der Waals surface area contributed by atoms with Crippen LogP contribution in [0, 0.1) is 6.92 Å². The Morgan fingerprint density at radius 3 is 2.68 bits per heavy atom. The van der Waals surface area contributed by atoms with Crippen LogP contribution >= 0.6 is 11.3 Å². The number of amides is 1. The molecule has 0 spiro atoms. The number of nitrogens with one attached hydrogen (secondary N) is 1. The van der Waals surface area contributed by atoms with E-state index in [-0.39, 0.29) is 5.91 Å². The maximum Gasteiger partial charge on any atom is 0.265 e. The molecule has 0 bridgehead atoms. The van der Waals surface area contributed by atoms with Gasteiger partial charge in [-0.2, -0.15) is 0 Å². The van der Waals surface area contributed by atoms with Gasteiger partial charge in [-0.3, -0.25) is 4.79 Å². The van der Waals surface area contributed by atoms with E-state index >= 15 is 0 Å². The third kappa shape index (κ3) is 3.51. The van der Waals surface area contributed by atoms with Crippen LogP contribution in [0.1, 0.15) is 15.5 Å². The van der Waals surface area contributed by atoms with Gasteiger partial charge in [0.1, 0.15) is 16.5 Å². The minimum atomic E-state index is -0.119. The average Bonchev–Trinajstić information content (AvgIpc) is 3.30. The van der Waals surface area contributed by atoms with Gasteiger partial charge in [0.2, 0.25) is 0 Å². The van der Waals surface area contributed by atoms with E-state index in [0.717, 1.165) is 27.3 Å². The average molecular weight is 391 g/mol. The summed E-state index contributed by atoms with van der Waals surface area (Å²) in [5.41, 5.74) is 3.12. The van der Waals surface area contributed by atoms with Gasteiger partial charge in [-0.15, -0.1) is 11.3 Å². The van der Waals surface area contributed by atoms with Crippen molar-refractivity contribution in [1.29, 1.82) is 0 Å². The Kier molecular flexibility index (Phi) is 5.12. The molecule has 0 aliphatic rings. The van der Waals surface area contributed by atoms with Gasteiger partial charge in [0, 0.05) is 18.0 Å². The molecule has 0 saturated heterocycles. The Bertz CT molecular complexity index is 1120. The number of ether oxygens (including phenoxy) is 1. The fraction of sp³-hybridized carbons (Fsp3) is 0.182. The highest BCUT2D eigenvalue weighted by molar-refractivity contribution is 7.17. The lowest BCUT2D eigenvalue weighted by Crippen LogP contribution is -2.27. The number of benzene rings is 2. The molecule has 0 radical (unpaired) electrons. The Labute approximate surface area is 167 Å². The quantitative estimate of drug-likeness (QED) is 0.526. The molecule has 4 rings (SSSR count). The van der Waals surface area contributed by atoms with E-state index in [1.165, 1.54) is 11.3 Å². The molecule has 142 valence electrons. The number of hydrogen-bond acceptors (Lipinski definition) is 4. The van der Waals surface area contributed by atoms with Crippen molar-refractivity contribution in [2.24, 2.45) is 0 Å². The highest BCUT2D eigenvalue weighted by Crippen LogP contribution is 2.36. The summed E-state index contributed by atoms with van der Waals surface area (Å²) in [6.07, 6.45) is 0. The number of carbonyl (C=O) groups excluding carboxylic acids is 1. The van der Waals surface area contributed by atoms with Crippen LogP contribution in [0.15, 0.2) is 60.7 Å². The van der Waals surface area contributed by atoms with Crippen LogP contribution in [0.3, 0.4) is 0 Å². The zero-order chi connectivity index (χ0) is 19.5. The summed E-state index contributed by atoms with van der Waals surface area (Å²) < 4.78 is 7.55. The van der Waals surface area contributed by atoms with Gasteiger partial charge in [-0.1, -0.05) is 42.5 Å². The molecule has 0 fully saturated rings. The molecule has 28 heavy (non-hydrogen) atoms. The lowest BCUT2D eigenvalue weighted by molar-refractivity contribution is 0.0953. The Hall–Kier alpha value is -3.12. The minimum absolute atomic E-state index is 0.119. The van der Waals surface area contributed by atoms with E-state index in [1.807, 2.05) is 67.6 Å². The normalized spacial score (nSPS) is 10.9. The Morgan fingerprint density at radius 2 is 1.89 bits per heavy atom. The molecule has 1 amide bonds. The van der Waals surface area contributed by atoms with E-state index in [4.69, 9.17) is 4.74 Å². The fourth-order valence-corrected chi connectivity index (χ4v) is 4.32. The second-order valence-corrected chi connectivity index (χ2v) is 7.48. The highest BCUT2D eigenvalue weighted by atomic mass is 32.1. The van der Waals surface area contributed by atoms with Gasteiger partial charge in [0.25, 0.3) is 5.91 Å². The first-order valence-corrected chi connectivity index (χ1v) is 9.92. The molecule has 0 unspecified atom stereocenters. The number of rotatable bonds is 6. The number of aromatic nitrogens is 2. The monoisotopic (exact) mass is 391 g/mol. The topological polar surface area (TPSA) is 56.1 Å². The van der Waals surface area contributed by atoms with E-state index in [0.29, 0.717) is 23.7 Å². The van der Waals surface area contributed by atoms with E-state index in [9.17, 15) is 4.79 Å². The lowest BCUT2D eigenvalue weighted by Gasteiger charge is -2.08. The lowest BCUT2D eigenvalue weighted by atomic mass is 10.2. The van der Waals surface area contributed by atoms with Crippen LogP contribution in [0.4, 0.5) is 0 Å². The van der Waals surface area contributed by atoms with E-state index in [1.54, 1.807) is 7.11 Å². The standard InChI is InChI=1S/C22H21N3O2S/c1-15-24-17-10-6-7-11-18(17)25(15)13-12-23-22(26)21-19(27-2)14-20(28-21)16-8-4-3-5-9-16/h3-11,14H,12-13H2,1-2H3,(H,23,26). The number of thiophene rings is 1. The number of carbonyl (C=O) groups is 1. The fourth-order valence-electron chi connectivity index (χ4n) is 3.27. The predicted octanol–water partition coefficient (Wildman–Crippen LogP) is 4.51. The van der Waals surface area contributed by atoms with E-state index in [2.05, 4.69) is 14.9 Å². The smallest absolute Gasteiger partial charge is 0.265 e. The molecule has 2 aromatic carbocycles. The Balaban J connectivity index is 1.48.